The van der Waals surface area contributed by atoms with Gasteiger partial charge < -0.3 is 19.5 Å². The van der Waals surface area contributed by atoms with Crippen LogP contribution >= 0.6 is 0 Å². The fraction of sp³-hybridized carbons (Fsp3) is 0.450. The zero-order chi connectivity index (χ0) is 18.0. The van der Waals surface area contributed by atoms with Gasteiger partial charge in [-0.15, -0.1) is 0 Å². The third-order valence-corrected chi connectivity index (χ3v) is 5.11. The molecular formula is C20H26N2O3. The number of methoxy groups -OCH3 is 3. The van der Waals surface area contributed by atoms with Crippen molar-refractivity contribution in [2.24, 2.45) is 0 Å². The predicted molar refractivity (Wildman–Crippen MR) is 97.6 cm³/mol. The van der Waals surface area contributed by atoms with Gasteiger partial charge in [0, 0.05) is 35.5 Å². The number of rotatable bonds is 5. The van der Waals surface area contributed by atoms with E-state index in [1.807, 2.05) is 18.5 Å². The normalized spacial score (nSPS) is 21.8. The largest absolute Gasteiger partial charge is 0.493 e. The summed E-state index contributed by atoms with van der Waals surface area (Å²) < 4.78 is 16.6. The van der Waals surface area contributed by atoms with Crippen molar-refractivity contribution in [2.45, 2.75) is 37.8 Å². The van der Waals surface area contributed by atoms with Crippen molar-refractivity contribution in [1.29, 1.82) is 0 Å². The van der Waals surface area contributed by atoms with E-state index in [1.165, 1.54) is 5.56 Å². The van der Waals surface area contributed by atoms with Crippen molar-refractivity contribution in [2.75, 3.05) is 21.3 Å². The molecule has 0 amide bonds. The SMILES string of the molecule is COc1ccc([C@@H]2C[C@H](c3ccncc3)C(C)(C)N2)c(OC)c1OC. The minimum atomic E-state index is -0.0375. The molecule has 0 bridgehead atoms. The molecule has 1 saturated heterocycles. The van der Waals surface area contributed by atoms with Gasteiger partial charge in [-0.25, -0.2) is 0 Å². The molecule has 1 aliphatic rings. The molecule has 1 N–H and O–H groups in total. The Morgan fingerprint density at radius 3 is 2.24 bits per heavy atom. The molecule has 2 atom stereocenters. The molecule has 1 aliphatic heterocycles. The third-order valence-electron chi connectivity index (χ3n) is 5.11. The summed E-state index contributed by atoms with van der Waals surface area (Å²) in [4.78, 5) is 4.14. The fourth-order valence-corrected chi connectivity index (χ4v) is 3.89. The third kappa shape index (κ3) is 3.16. The average molecular weight is 342 g/mol. The maximum atomic E-state index is 5.68. The topological polar surface area (TPSA) is 52.6 Å². The first-order chi connectivity index (χ1) is 12.0. The van der Waals surface area contributed by atoms with Crippen LogP contribution < -0.4 is 19.5 Å². The number of hydrogen-bond acceptors (Lipinski definition) is 5. The van der Waals surface area contributed by atoms with E-state index in [9.17, 15) is 0 Å². The smallest absolute Gasteiger partial charge is 0.203 e. The van der Waals surface area contributed by atoms with Crippen molar-refractivity contribution in [3.8, 4) is 17.2 Å². The minimum absolute atomic E-state index is 0.0375. The van der Waals surface area contributed by atoms with Crippen LogP contribution in [0.25, 0.3) is 0 Å². The van der Waals surface area contributed by atoms with Crippen molar-refractivity contribution in [3.05, 3.63) is 47.8 Å². The second kappa shape index (κ2) is 6.92. The van der Waals surface area contributed by atoms with Crippen LogP contribution in [0, 0.1) is 0 Å². The van der Waals surface area contributed by atoms with Gasteiger partial charge >= 0.3 is 0 Å². The van der Waals surface area contributed by atoms with Crippen LogP contribution in [-0.4, -0.2) is 31.9 Å². The molecule has 2 aromatic rings. The van der Waals surface area contributed by atoms with Gasteiger partial charge in [0.05, 0.1) is 21.3 Å². The Balaban J connectivity index is 1.98. The fourth-order valence-electron chi connectivity index (χ4n) is 3.89. The molecule has 1 fully saturated rings. The molecule has 25 heavy (non-hydrogen) atoms. The van der Waals surface area contributed by atoms with Gasteiger partial charge in [0.2, 0.25) is 5.75 Å². The summed E-state index contributed by atoms with van der Waals surface area (Å²) in [6.45, 7) is 4.48. The maximum Gasteiger partial charge on any atom is 0.203 e. The highest BCUT2D eigenvalue weighted by Gasteiger charge is 2.42. The second-order valence-electron chi connectivity index (χ2n) is 6.91. The molecule has 1 aromatic heterocycles. The van der Waals surface area contributed by atoms with Gasteiger partial charge in [-0.2, -0.15) is 0 Å². The highest BCUT2D eigenvalue weighted by atomic mass is 16.5. The lowest BCUT2D eigenvalue weighted by Gasteiger charge is -2.27. The van der Waals surface area contributed by atoms with E-state index in [0.717, 1.165) is 17.7 Å². The lowest BCUT2D eigenvalue weighted by atomic mass is 9.83. The molecule has 1 aromatic carbocycles. The highest BCUT2D eigenvalue weighted by Crippen LogP contribution is 2.49. The van der Waals surface area contributed by atoms with E-state index in [2.05, 4.69) is 42.3 Å². The molecule has 5 heteroatoms. The maximum absolute atomic E-state index is 5.68. The van der Waals surface area contributed by atoms with E-state index in [4.69, 9.17) is 14.2 Å². The van der Waals surface area contributed by atoms with E-state index in [-0.39, 0.29) is 11.6 Å². The zero-order valence-electron chi connectivity index (χ0n) is 15.5. The van der Waals surface area contributed by atoms with Crippen LogP contribution in [0.2, 0.25) is 0 Å². The Bertz CT molecular complexity index is 731. The summed E-state index contributed by atoms with van der Waals surface area (Å²) in [7, 11) is 4.94. The molecule has 5 nitrogen and oxygen atoms in total. The van der Waals surface area contributed by atoms with Crippen molar-refractivity contribution in [1.82, 2.24) is 10.3 Å². The first-order valence-electron chi connectivity index (χ1n) is 8.48. The first-order valence-corrected chi connectivity index (χ1v) is 8.48. The van der Waals surface area contributed by atoms with E-state index < -0.39 is 0 Å². The Labute approximate surface area is 149 Å². The van der Waals surface area contributed by atoms with Gasteiger partial charge in [-0.1, -0.05) is 0 Å². The minimum Gasteiger partial charge on any atom is -0.493 e. The first kappa shape index (κ1) is 17.5. The van der Waals surface area contributed by atoms with Gasteiger partial charge in [0.25, 0.3) is 0 Å². The van der Waals surface area contributed by atoms with Crippen LogP contribution in [0.4, 0.5) is 0 Å². The summed E-state index contributed by atoms with van der Waals surface area (Å²) in [5, 5.41) is 3.76. The number of nitrogens with zero attached hydrogens (tertiary/aromatic N) is 1. The molecule has 0 aliphatic carbocycles. The predicted octanol–water partition coefficient (Wildman–Crippen LogP) is 3.70. The number of ether oxygens (including phenoxy) is 3. The molecule has 0 radical (unpaired) electrons. The number of hydrogen-bond donors (Lipinski definition) is 1. The molecule has 2 heterocycles. The van der Waals surface area contributed by atoms with Gasteiger partial charge in [0.15, 0.2) is 11.5 Å². The van der Waals surface area contributed by atoms with Crippen molar-refractivity contribution < 1.29 is 14.2 Å². The average Bonchev–Trinajstić information content (AvgIpc) is 2.96. The summed E-state index contributed by atoms with van der Waals surface area (Å²) in [5.41, 5.74) is 2.35. The summed E-state index contributed by atoms with van der Waals surface area (Å²) in [5.74, 6) is 2.42. The van der Waals surface area contributed by atoms with E-state index >= 15 is 0 Å². The molecular weight excluding hydrogens is 316 g/mol. The Morgan fingerprint density at radius 1 is 0.960 bits per heavy atom. The number of nitrogens with one attached hydrogen (secondary N) is 1. The van der Waals surface area contributed by atoms with E-state index in [0.29, 0.717) is 17.4 Å². The lowest BCUT2D eigenvalue weighted by molar-refractivity contribution is 0.319. The molecule has 0 unspecified atom stereocenters. The summed E-state index contributed by atoms with van der Waals surface area (Å²) in [6, 6.07) is 8.36. The number of benzene rings is 1. The Morgan fingerprint density at radius 2 is 1.64 bits per heavy atom. The van der Waals surface area contributed by atoms with E-state index in [1.54, 1.807) is 21.3 Å². The van der Waals surface area contributed by atoms with Crippen molar-refractivity contribution >= 4 is 0 Å². The molecule has 3 rings (SSSR count). The van der Waals surface area contributed by atoms with Crippen LogP contribution in [0.15, 0.2) is 36.7 Å². The second-order valence-corrected chi connectivity index (χ2v) is 6.91. The standard InChI is InChI=1S/C20H26N2O3/c1-20(2)15(13-8-10-21-11-9-13)12-16(22-20)14-6-7-17(23-3)19(25-5)18(14)24-4/h6-11,15-16,22H,12H2,1-5H3/t15-,16+/m1/s1. The van der Waals surface area contributed by atoms with Crippen LogP contribution in [0.1, 0.15) is 43.4 Å². The highest BCUT2D eigenvalue weighted by molar-refractivity contribution is 5.57. The van der Waals surface area contributed by atoms with Crippen LogP contribution in [-0.2, 0) is 0 Å². The number of aromatic nitrogens is 1. The number of pyridine rings is 1. The molecule has 0 spiro atoms. The van der Waals surface area contributed by atoms with Gasteiger partial charge in [0.1, 0.15) is 0 Å². The zero-order valence-corrected chi connectivity index (χ0v) is 15.5. The summed E-state index contributed by atoms with van der Waals surface area (Å²) >= 11 is 0. The van der Waals surface area contributed by atoms with Gasteiger partial charge in [-0.05, 0) is 50.1 Å². The van der Waals surface area contributed by atoms with Gasteiger partial charge in [-0.3, -0.25) is 4.98 Å². The van der Waals surface area contributed by atoms with Crippen LogP contribution in [0.5, 0.6) is 17.2 Å². The quantitative estimate of drug-likeness (QED) is 0.898. The van der Waals surface area contributed by atoms with Crippen LogP contribution in [0.3, 0.4) is 0 Å². The van der Waals surface area contributed by atoms with Crippen molar-refractivity contribution in [3.63, 3.8) is 0 Å². The monoisotopic (exact) mass is 342 g/mol. The molecule has 134 valence electrons. The Hall–Kier alpha value is -2.27. The molecule has 0 saturated carbocycles. The lowest BCUT2D eigenvalue weighted by Crippen LogP contribution is -2.37. The summed E-state index contributed by atoms with van der Waals surface area (Å²) in [6.07, 6.45) is 4.69. The Kier molecular flexibility index (Phi) is 4.86.